The van der Waals surface area contributed by atoms with Gasteiger partial charge in [-0.15, -0.1) is 0 Å². The number of rotatable bonds is 3. The first-order chi connectivity index (χ1) is 13.4. The molecule has 1 aromatic heterocycles. The van der Waals surface area contributed by atoms with Gasteiger partial charge >= 0.3 is 0 Å². The van der Waals surface area contributed by atoms with Crippen LogP contribution in [0.5, 0.6) is 0 Å². The third-order valence-corrected chi connectivity index (χ3v) is 5.56. The van der Waals surface area contributed by atoms with Crippen LogP contribution in [0.15, 0.2) is 60.7 Å². The zero-order valence-electron chi connectivity index (χ0n) is 14.1. The first-order valence-corrected chi connectivity index (χ1v) is 10.1. The summed E-state index contributed by atoms with van der Waals surface area (Å²) in [5, 5.41) is 2.75. The first kappa shape index (κ1) is 19.6. The average Bonchev–Trinajstić information content (AvgIpc) is 3.07. The second kappa shape index (κ2) is 7.98. The Morgan fingerprint density at radius 1 is 0.607 bits per heavy atom. The van der Waals surface area contributed by atoms with Crippen LogP contribution in [-0.4, -0.2) is 9.97 Å². The van der Waals surface area contributed by atoms with Crippen LogP contribution in [0.4, 0.5) is 0 Å². The lowest BCUT2D eigenvalue weighted by atomic mass is 10.0. The highest BCUT2D eigenvalue weighted by Gasteiger charge is 2.19. The minimum atomic E-state index is 0.494. The Morgan fingerprint density at radius 2 is 1.14 bits per heavy atom. The summed E-state index contributed by atoms with van der Waals surface area (Å²) < 4.78 is 0. The van der Waals surface area contributed by atoms with Gasteiger partial charge in [0.15, 0.2) is 0 Å². The third kappa shape index (κ3) is 3.89. The number of aromatic amines is 1. The van der Waals surface area contributed by atoms with Crippen molar-refractivity contribution < 1.29 is 0 Å². The standard InChI is InChI=1S/C21H11Cl5N2/c22-12-3-1-11(2-4-12)21-27-19(15-7-5-13(23)9-17(15)25)20(28-21)16-8-6-14(24)10-18(16)26/h1-10H,(H,27,28). The number of nitrogens with zero attached hydrogens (tertiary/aromatic N) is 1. The molecule has 0 bridgehead atoms. The molecule has 0 fully saturated rings. The molecule has 0 saturated heterocycles. The van der Waals surface area contributed by atoms with Crippen molar-refractivity contribution in [2.24, 2.45) is 0 Å². The molecular weight excluding hydrogens is 458 g/mol. The summed E-state index contributed by atoms with van der Waals surface area (Å²) in [6, 6.07) is 18.0. The molecule has 0 aliphatic rings. The molecule has 0 aliphatic heterocycles. The summed E-state index contributed by atoms with van der Waals surface area (Å²) in [7, 11) is 0. The molecule has 7 heteroatoms. The van der Waals surface area contributed by atoms with Crippen LogP contribution < -0.4 is 0 Å². The molecule has 4 aromatic rings. The van der Waals surface area contributed by atoms with Gasteiger partial charge in [0.2, 0.25) is 0 Å². The van der Waals surface area contributed by atoms with Gasteiger partial charge in [0, 0.05) is 31.8 Å². The number of nitrogens with one attached hydrogen (secondary N) is 1. The first-order valence-electron chi connectivity index (χ1n) is 8.19. The van der Waals surface area contributed by atoms with E-state index >= 15 is 0 Å². The Balaban J connectivity index is 1.95. The van der Waals surface area contributed by atoms with Crippen molar-refractivity contribution >= 4 is 58.0 Å². The Bertz CT molecular complexity index is 1100. The van der Waals surface area contributed by atoms with E-state index in [1.54, 1.807) is 24.3 Å². The van der Waals surface area contributed by atoms with E-state index in [1.165, 1.54) is 0 Å². The monoisotopic (exact) mass is 466 g/mol. The van der Waals surface area contributed by atoms with Crippen molar-refractivity contribution in [1.29, 1.82) is 0 Å². The van der Waals surface area contributed by atoms with Gasteiger partial charge in [0.25, 0.3) is 0 Å². The van der Waals surface area contributed by atoms with E-state index in [0.29, 0.717) is 36.6 Å². The molecule has 2 nitrogen and oxygen atoms in total. The molecule has 0 saturated carbocycles. The summed E-state index contributed by atoms with van der Waals surface area (Å²) in [5.41, 5.74) is 3.78. The number of H-pyrrole nitrogens is 1. The van der Waals surface area contributed by atoms with Gasteiger partial charge in [-0.05, 0) is 60.7 Å². The number of hydrogen-bond acceptors (Lipinski definition) is 1. The lowest BCUT2D eigenvalue weighted by Crippen LogP contribution is -1.86. The SMILES string of the molecule is Clc1ccc(-c2nc(-c3ccc(Cl)cc3Cl)c(-c3ccc(Cl)cc3Cl)[nH]2)cc1. The maximum atomic E-state index is 6.46. The molecule has 0 spiro atoms. The van der Waals surface area contributed by atoms with Crippen molar-refractivity contribution in [3.8, 4) is 33.9 Å². The molecule has 3 aromatic carbocycles. The molecular formula is C21H11Cl5N2. The maximum absolute atomic E-state index is 6.46. The average molecular weight is 469 g/mol. The zero-order chi connectivity index (χ0) is 19.8. The molecule has 0 unspecified atom stereocenters. The third-order valence-electron chi connectivity index (χ3n) is 4.21. The van der Waals surface area contributed by atoms with E-state index in [-0.39, 0.29) is 0 Å². The molecule has 1 heterocycles. The predicted molar refractivity (Wildman–Crippen MR) is 120 cm³/mol. The highest BCUT2D eigenvalue weighted by atomic mass is 35.5. The van der Waals surface area contributed by atoms with Gasteiger partial charge < -0.3 is 4.98 Å². The summed E-state index contributed by atoms with van der Waals surface area (Å²) >= 11 is 31.0. The van der Waals surface area contributed by atoms with Crippen molar-refractivity contribution in [3.05, 3.63) is 85.8 Å². The predicted octanol–water partition coefficient (Wildman–Crippen LogP) is 8.68. The van der Waals surface area contributed by atoms with Gasteiger partial charge in [-0.1, -0.05) is 58.0 Å². The fourth-order valence-corrected chi connectivity index (χ4v) is 4.01. The molecule has 0 aliphatic carbocycles. The van der Waals surface area contributed by atoms with E-state index in [1.807, 2.05) is 36.4 Å². The molecule has 0 atom stereocenters. The van der Waals surface area contributed by atoms with Gasteiger partial charge in [-0.3, -0.25) is 0 Å². The van der Waals surface area contributed by atoms with Gasteiger partial charge in [0.05, 0.1) is 21.4 Å². The smallest absolute Gasteiger partial charge is 0.138 e. The summed E-state index contributed by atoms with van der Waals surface area (Å²) in [6.07, 6.45) is 0. The molecule has 1 N–H and O–H groups in total. The molecule has 0 amide bonds. The van der Waals surface area contributed by atoms with Crippen LogP contribution in [0.25, 0.3) is 33.9 Å². The van der Waals surface area contributed by atoms with Gasteiger partial charge in [-0.2, -0.15) is 0 Å². The number of hydrogen-bond donors (Lipinski definition) is 1. The maximum Gasteiger partial charge on any atom is 0.138 e. The molecule has 140 valence electrons. The van der Waals surface area contributed by atoms with Gasteiger partial charge in [-0.25, -0.2) is 4.98 Å². The number of benzene rings is 3. The summed E-state index contributed by atoms with van der Waals surface area (Å²) in [4.78, 5) is 8.15. The lowest BCUT2D eigenvalue weighted by Gasteiger charge is -2.07. The van der Waals surface area contributed by atoms with Crippen molar-refractivity contribution in [1.82, 2.24) is 9.97 Å². The van der Waals surface area contributed by atoms with E-state index in [2.05, 4.69) is 4.98 Å². The van der Waals surface area contributed by atoms with Crippen LogP contribution in [0.1, 0.15) is 0 Å². The van der Waals surface area contributed by atoms with Crippen LogP contribution in [0.3, 0.4) is 0 Å². The fraction of sp³-hybridized carbons (Fsp3) is 0. The molecule has 0 radical (unpaired) electrons. The van der Waals surface area contributed by atoms with Gasteiger partial charge in [0.1, 0.15) is 5.82 Å². The quantitative estimate of drug-likeness (QED) is 0.320. The van der Waals surface area contributed by atoms with Crippen molar-refractivity contribution in [3.63, 3.8) is 0 Å². The highest BCUT2D eigenvalue weighted by molar-refractivity contribution is 6.37. The van der Waals surface area contributed by atoms with Crippen LogP contribution in [0.2, 0.25) is 25.1 Å². The Labute approximate surface area is 187 Å². The Morgan fingerprint density at radius 3 is 1.71 bits per heavy atom. The van der Waals surface area contributed by atoms with E-state index in [0.717, 1.165) is 22.4 Å². The topological polar surface area (TPSA) is 28.7 Å². The second-order valence-electron chi connectivity index (χ2n) is 6.06. The van der Waals surface area contributed by atoms with E-state index in [4.69, 9.17) is 63.0 Å². The number of aromatic nitrogens is 2. The summed E-state index contributed by atoms with van der Waals surface area (Å²) in [6.45, 7) is 0. The summed E-state index contributed by atoms with van der Waals surface area (Å²) in [5.74, 6) is 0.665. The normalized spacial score (nSPS) is 11.0. The minimum Gasteiger partial charge on any atom is -0.337 e. The van der Waals surface area contributed by atoms with Crippen molar-refractivity contribution in [2.45, 2.75) is 0 Å². The Kier molecular flexibility index (Phi) is 5.59. The van der Waals surface area contributed by atoms with Crippen molar-refractivity contribution in [2.75, 3.05) is 0 Å². The number of halogens is 5. The molecule has 28 heavy (non-hydrogen) atoms. The van der Waals surface area contributed by atoms with E-state index in [9.17, 15) is 0 Å². The Hall–Kier alpha value is -1.68. The second-order valence-corrected chi connectivity index (χ2v) is 8.19. The van der Waals surface area contributed by atoms with Crippen LogP contribution in [-0.2, 0) is 0 Å². The highest BCUT2D eigenvalue weighted by Crippen LogP contribution is 2.40. The number of imidazole rings is 1. The minimum absolute atomic E-state index is 0.494. The van der Waals surface area contributed by atoms with Crippen LogP contribution >= 0.6 is 58.0 Å². The lowest BCUT2D eigenvalue weighted by molar-refractivity contribution is 1.31. The largest absolute Gasteiger partial charge is 0.337 e. The van der Waals surface area contributed by atoms with E-state index < -0.39 is 0 Å². The molecule has 4 rings (SSSR count). The van der Waals surface area contributed by atoms with Crippen LogP contribution in [0, 0.1) is 0 Å². The fourth-order valence-electron chi connectivity index (χ4n) is 2.88. The zero-order valence-corrected chi connectivity index (χ0v) is 17.9.